The smallest absolute Gasteiger partial charge is 0.310 e. The molecule has 1 aromatic carbocycles. The molecule has 0 spiro atoms. The number of nitrogens with zero attached hydrogens (tertiary/aromatic N) is 1. The fourth-order valence-electron chi connectivity index (χ4n) is 13.2. The molecule has 46 heavy (non-hydrogen) atoms. The lowest BCUT2D eigenvalue weighted by Crippen LogP contribution is -2.65. The van der Waals surface area contributed by atoms with Crippen LogP contribution in [0.4, 0.5) is 5.82 Å². The number of allylic oxidation sites excluding steroid dienone is 2. The first kappa shape index (κ1) is 30.7. The Morgan fingerprint density at radius 2 is 1.74 bits per heavy atom. The molecule has 8 rings (SSSR count). The normalized spacial score (nSPS) is 40.5. The predicted octanol–water partition coefficient (Wildman–Crippen LogP) is 8.07. The van der Waals surface area contributed by atoms with Gasteiger partial charge in [0.15, 0.2) is 0 Å². The van der Waals surface area contributed by atoms with Gasteiger partial charge in [0.2, 0.25) is 0 Å². The van der Waals surface area contributed by atoms with Crippen LogP contribution in [0.15, 0.2) is 23.8 Å². The van der Waals surface area contributed by atoms with Gasteiger partial charge in [-0.1, -0.05) is 72.2 Å². The van der Waals surface area contributed by atoms with Crippen LogP contribution < -0.4 is 11.1 Å². The van der Waals surface area contributed by atoms with Crippen molar-refractivity contribution in [2.75, 3.05) is 12.3 Å². The molecule has 6 heteroatoms. The number of rotatable bonds is 2. The molecular formula is C40H56N4O2. The number of carboxylic acids is 1. The first-order valence-corrected chi connectivity index (χ1v) is 18.2. The summed E-state index contributed by atoms with van der Waals surface area (Å²) in [5.74, 6) is 1.22. The summed E-state index contributed by atoms with van der Waals surface area (Å²) in [5.41, 5.74) is 15.9. The van der Waals surface area contributed by atoms with E-state index in [1.54, 1.807) is 5.57 Å². The average molecular weight is 625 g/mol. The van der Waals surface area contributed by atoms with Crippen molar-refractivity contribution in [3.63, 3.8) is 0 Å². The first-order valence-electron chi connectivity index (χ1n) is 18.2. The van der Waals surface area contributed by atoms with Crippen molar-refractivity contribution in [1.29, 1.82) is 0 Å². The maximum Gasteiger partial charge on any atom is 0.310 e. The lowest BCUT2D eigenvalue weighted by molar-refractivity contribution is -0.175. The summed E-state index contributed by atoms with van der Waals surface area (Å²) in [6.07, 6.45) is 9.87. The van der Waals surface area contributed by atoms with Gasteiger partial charge in [-0.05, 0) is 132 Å². The second kappa shape index (κ2) is 9.51. The minimum Gasteiger partial charge on any atom is -0.481 e. The fourth-order valence-corrected chi connectivity index (χ4v) is 13.2. The Balaban J connectivity index is 1.40. The van der Waals surface area contributed by atoms with E-state index >= 15 is 0 Å². The minimum absolute atomic E-state index is 0.0465. The first-order chi connectivity index (χ1) is 21.6. The van der Waals surface area contributed by atoms with E-state index in [-0.39, 0.29) is 33.0 Å². The predicted molar refractivity (Wildman–Crippen MR) is 184 cm³/mol. The molecule has 0 radical (unpaired) electrons. The van der Waals surface area contributed by atoms with Gasteiger partial charge in [0.25, 0.3) is 0 Å². The van der Waals surface area contributed by atoms with Crippen molar-refractivity contribution in [3.05, 3.63) is 51.7 Å². The average Bonchev–Trinajstić information content (AvgIpc) is 3.37. The number of fused-ring (bicyclic) bond motifs is 9. The Morgan fingerprint density at radius 3 is 2.50 bits per heavy atom. The molecule has 3 saturated carbocycles. The number of carboxylic acid groups (broad SMARTS) is 1. The van der Waals surface area contributed by atoms with E-state index in [1.165, 1.54) is 46.4 Å². The summed E-state index contributed by atoms with van der Waals surface area (Å²) < 4.78 is 0. The van der Waals surface area contributed by atoms with E-state index in [2.05, 4.69) is 77.1 Å². The third-order valence-electron chi connectivity index (χ3n) is 15.8. The number of nitrogens with one attached hydrogen (secondary N) is 2. The number of benzene rings is 1. The Hall–Kier alpha value is -2.60. The number of nitrogen functional groups attached to an aromatic ring is 1. The van der Waals surface area contributed by atoms with E-state index in [0.29, 0.717) is 11.8 Å². The van der Waals surface area contributed by atoms with Crippen molar-refractivity contribution < 1.29 is 9.90 Å². The summed E-state index contributed by atoms with van der Waals surface area (Å²) in [6, 6.07) is 6.98. The lowest BCUT2D eigenvalue weighted by Gasteiger charge is -2.71. The van der Waals surface area contributed by atoms with Crippen molar-refractivity contribution in [2.45, 2.75) is 125 Å². The van der Waals surface area contributed by atoms with Crippen LogP contribution in [0, 0.1) is 44.8 Å². The highest BCUT2D eigenvalue weighted by atomic mass is 16.4. The molecule has 1 aromatic heterocycles. The van der Waals surface area contributed by atoms with Crippen molar-refractivity contribution >= 4 is 17.4 Å². The van der Waals surface area contributed by atoms with Crippen LogP contribution in [0.5, 0.6) is 0 Å². The van der Waals surface area contributed by atoms with Crippen LogP contribution in [0.1, 0.15) is 128 Å². The van der Waals surface area contributed by atoms with Gasteiger partial charge in [-0.25, -0.2) is 0 Å². The second-order valence-corrected chi connectivity index (χ2v) is 18.6. The van der Waals surface area contributed by atoms with Gasteiger partial charge < -0.3 is 16.2 Å². The van der Waals surface area contributed by atoms with Crippen LogP contribution >= 0.6 is 0 Å². The molecule has 0 saturated heterocycles. The Kier molecular flexibility index (Phi) is 6.35. The number of aromatic amines is 1. The number of aliphatic carboxylic acids is 1. The van der Waals surface area contributed by atoms with Crippen molar-refractivity contribution in [2.24, 2.45) is 44.8 Å². The number of carbonyl (C=O) groups is 1. The maximum atomic E-state index is 13.5. The van der Waals surface area contributed by atoms with Crippen LogP contribution in [-0.2, 0) is 29.6 Å². The lowest BCUT2D eigenvalue weighted by atomic mass is 9.32. The van der Waals surface area contributed by atoms with Gasteiger partial charge in [-0.15, -0.1) is 0 Å². The van der Waals surface area contributed by atoms with E-state index in [9.17, 15) is 9.90 Å². The molecule has 1 aliphatic heterocycles. The zero-order valence-electron chi connectivity index (χ0n) is 29.3. The van der Waals surface area contributed by atoms with Gasteiger partial charge >= 0.3 is 5.97 Å². The molecule has 5 N–H and O–H groups in total. The molecule has 7 unspecified atom stereocenters. The Morgan fingerprint density at radius 1 is 0.978 bits per heavy atom. The van der Waals surface area contributed by atoms with Gasteiger partial charge in [0, 0.05) is 17.5 Å². The third-order valence-corrected chi connectivity index (χ3v) is 15.8. The van der Waals surface area contributed by atoms with E-state index < -0.39 is 11.4 Å². The van der Waals surface area contributed by atoms with E-state index in [4.69, 9.17) is 10.8 Å². The SMILES string of the molecule is CC1(C)CCC2(C(=O)O)CCC3(C)C(=C(c4cccc5c4CCNC5)CC4C5(C)Cc6c(n[nH]c6N)C(C)(C)C5CCC43C)C2C1. The zero-order valence-corrected chi connectivity index (χ0v) is 29.3. The van der Waals surface area contributed by atoms with Gasteiger partial charge in [0.1, 0.15) is 5.82 Å². The molecule has 5 aliphatic carbocycles. The summed E-state index contributed by atoms with van der Waals surface area (Å²) in [7, 11) is 0. The molecule has 6 nitrogen and oxygen atoms in total. The third kappa shape index (κ3) is 3.74. The van der Waals surface area contributed by atoms with Gasteiger partial charge in [-0.2, -0.15) is 5.10 Å². The highest BCUT2D eigenvalue weighted by molar-refractivity contribution is 5.81. The van der Waals surface area contributed by atoms with Gasteiger partial charge in [0.05, 0.1) is 11.1 Å². The molecule has 0 bridgehead atoms. The highest BCUT2D eigenvalue weighted by Gasteiger charge is 2.70. The van der Waals surface area contributed by atoms with Gasteiger partial charge in [-0.3, -0.25) is 9.89 Å². The number of aromatic nitrogens is 2. The van der Waals surface area contributed by atoms with E-state index in [0.717, 1.165) is 70.3 Å². The second-order valence-electron chi connectivity index (χ2n) is 18.6. The fraction of sp³-hybridized carbons (Fsp3) is 0.700. The van der Waals surface area contributed by atoms with Crippen molar-refractivity contribution in [1.82, 2.24) is 15.5 Å². The summed E-state index contributed by atoms with van der Waals surface area (Å²) in [4.78, 5) is 13.5. The summed E-state index contributed by atoms with van der Waals surface area (Å²) in [6.45, 7) is 19.3. The topological polar surface area (TPSA) is 104 Å². The Bertz CT molecular complexity index is 1670. The number of H-pyrrole nitrogens is 1. The number of hydrogen-bond acceptors (Lipinski definition) is 4. The van der Waals surface area contributed by atoms with Crippen LogP contribution in [0.2, 0.25) is 0 Å². The number of anilines is 1. The molecular weight excluding hydrogens is 568 g/mol. The number of hydrogen-bond donors (Lipinski definition) is 4. The largest absolute Gasteiger partial charge is 0.481 e. The molecule has 248 valence electrons. The summed E-state index contributed by atoms with van der Waals surface area (Å²) in [5, 5.41) is 22.7. The molecule has 2 heterocycles. The molecule has 7 atom stereocenters. The van der Waals surface area contributed by atoms with Crippen LogP contribution in [0.3, 0.4) is 0 Å². The molecule has 2 aromatic rings. The summed E-state index contributed by atoms with van der Waals surface area (Å²) >= 11 is 0. The van der Waals surface area contributed by atoms with Crippen LogP contribution in [0.25, 0.3) is 5.57 Å². The standard InChI is InChI=1S/C40H56N4O2/c1-35(2)14-16-40(34(45)46)17-15-39(7)31(28(40)21-35)26(25-10-8-9-23-22-42-18-12-24(23)25)19-30-37(5)20-27-32(43-44-33(27)41)36(3,4)29(37)11-13-38(30,39)6/h8-10,28-30,42H,11-22H2,1-7H3,(H,45,46)(H3,41,43,44). The zero-order chi connectivity index (χ0) is 32.7. The molecule has 6 aliphatic rings. The Labute approximate surface area is 275 Å². The van der Waals surface area contributed by atoms with Crippen molar-refractivity contribution in [3.8, 4) is 0 Å². The van der Waals surface area contributed by atoms with E-state index in [1.807, 2.05) is 0 Å². The number of nitrogens with two attached hydrogens (primary N) is 1. The van der Waals surface area contributed by atoms with Crippen LogP contribution in [-0.4, -0.2) is 27.8 Å². The minimum atomic E-state index is -0.663. The molecule has 3 fully saturated rings. The monoisotopic (exact) mass is 624 g/mol. The quantitative estimate of drug-likeness (QED) is 0.271. The highest BCUT2D eigenvalue weighted by Crippen LogP contribution is 2.77. The molecule has 0 amide bonds. The maximum absolute atomic E-state index is 13.5.